The van der Waals surface area contributed by atoms with Gasteiger partial charge in [0.05, 0.1) is 18.3 Å². The second-order valence-corrected chi connectivity index (χ2v) is 15.3. The zero-order chi connectivity index (χ0) is 30.9. The minimum Gasteiger partial charge on any atom is -0.478 e. The summed E-state index contributed by atoms with van der Waals surface area (Å²) in [4.78, 5) is 39.0. The third-order valence-electron chi connectivity index (χ3n) is 12.5. The molecule has 0 aromatic carbocycles. The quantitative estimate of drug-likeness (QED) is 0.292. The highest BCUT2D eigenvalue weighted by Gasteiger charge is 2.70. The van der Waals surface area contributed by atoms with Crippen molar-refractivity contribution in [2.75, 3.05) is 0 Å². The highest BCUT2D eigenvalue weighted by molar-refractivity contribution is 6.01. The zero-order valence-corrected chi connectivity index (χ0v) is 26.3. The number of carboxylic acids is 1. The first-order valence-corrected chi connectivity index (χ1v) is 15.6. The molecule has 7 nitrogen and oxygen atoms in total. The van der Waals surface area contributed by atoms with Gasteiger partial charge in [-0.2, -0.15) is 0 Å². The van der Waals surface area contributed by atoms with E-state index < -0.39 is 45.9 Å². The van der Waals surface area contributed by atoms with Gasteiger partial charge in [-0.25, -0.2) is 4.79 Å². The van der Waals surface area contributed by atoms with Crippen molar-refractivity contribution in [2.45, 2.75) is 125 Å². The number of rotatable bonds is 8. The summed E-state index contributed by atoms with van der Waals surface area (Å²) < 4.78 is 0. The van der Waals surface area contributed by atoms with Gasteiger partial charge < -0.3 is 20.4 Å². The fraction of sp³-hybridized carbons (Fsp3) is 0.794. The van der Waals surface area contributed by atoms with Crippen LogP contribution in [0.2, 0.25) is 0 Å². The first kappa shape index (κ1) is 32.1. The van der Waals surface area contributed by atoms with Crippen molar-refractivity contribution in [2.24, 2.45) is 45.3 Å². The number of Topliss-reactive ketones (excluding diaryl/α,β-unsaturated/α-hetero) is 2. The van der Waals surface area contributed by atoms with E-state index in [1.807, 2.05) is 20.8 Å². The number of carbonyl (C=O) groups excluding carboxylic acids is 2. The number of ketones is 2. The van der Waals surface area contributed by atoms with Crippen molar-refractivity contribution >= 4 is 17.5 Å². The summed E-state index contributed by atoms with van der Waals surface area (Å²) in [6.45, 7) is 16.0. The molecule has 7 heteroatoms. The Morgan fingerprint density at radius 1 is 1.07 bits per heavy atom. The predicted molar refractivity (Wildman–Crippen MR) is 157 cm³/mol. The minimum absolute atomic E-state index is 0.0141. The fourth-order valence-corrected chi connectivity index (χ4v) is 9.90. The molecule has 0 radical (unpaired) electrons. The second-order valence-electron chi connectivity index (χ2n) is 15.3. The van der Waals surface area contributed by atoms with Crippen LogP contribution >= 0.6 is 0 Å². The summed E-state index contributed by atoms with van der Waals surface area (Å²) in [6, 6.07) is 0. The summed E-state index contributed by atoms with van der Waals surface area (Å²) in [6.07, 6.45) is 2.73. The highest BCUT2D eigenvalue weighted by atomic mass is 16.4. The van der Waals surface area contributed by atoms with Crippen LogP contribution < -0.4 is 0 Å². The van der Waals surface area contributed by atoms with E-state index >= 15 is 0 Å². The summed E-state index contributed by atoms with van der Waals surface area (Å²) in [5, 5.41) is 43.5. The van der Waals surface area contributed by atoms with Crippen LogP contribution in [0.5, 0.6) is 0 Å². The molecule has 0 aliphatic heterocycles. The van der Waals surface area contributed by atoms with Gasteiger partial charge in [0.1, 0.15) is 5.78 Å². The van der Waals surface area contributed by atoms with Crippen LogP contribution in [0.25, 0.3) is 0 Å². The van der Waals surface area contributed by atoms with Gasteiger partial charge in [0.25, 0.3) is 0 Å². The Morgan fingerprint density at radius 3 is 2.29 bits per heavy atom. The van der Waals surface area contributed by atoms with Crippen molar-refractivity contribution in [3.05, 3.63) is 22.8 Å². The lowest BCUT2D eigenvalue weighted by Gasteiger charge is -2.61. The number of hydrogen-bond donors (Lipinski definition) is 4. The van der Waals surface area contributed by atoms with E-state index in [1.165, 1.54) is 13.0 Å². The molecule has 10 atom stereocenters. The van der Waals surface area contributed by atoms with Gasteiger partial charge in [-0.3, -0.25) is 9.59 Å². The SMILES string of the molecule is CC(=CC(O)CC(C)C1CC(O)C2(C)C3=C(C(=O)CC12C)C1(C)CCC(=O)C(C)(CCC(C)C)C1CC3O)C(=O)O. The molecule has 0 aromatic heterocycles. The molecular formula is C34H52O7. The Morgan fingerprint density at radius 2 is 1.71 bits per heavy atom. The lowest BCUT2D eigenvalue weighted by Crippen LogP contribution is -2.61. The number of aliphatic carboxylic acids is 1. The number of carbonyl (C=O) groups is 3. The van der Waals surface area contributed by atoms with Crippen LogP contribution in [0.1, 0.15) is 107 Å². The van der Waals surface area contributed by atoms with Crippen molar-refractivity contribution in [3.63, 3.8) is 0 Å². The van der Waals surface area contributed by atoms with E-state index in [-0.39, 0.29) is 41.3 Å². The number of hydrogen-bond acceptors (Lipinski definition) is 6. The van der Waals surface area contributed by atoms with Gasteiger partial charge in [0.2, 0.25) is 0 Å². The second kappa shape index (κ2) is 10.7. The van der Waals surface area contributed by atoms with Gasteiger partial charge in [-0.15, -0.1) is 0 Å². The summed E-state index contributed by atoms with van der Waals surface area (Å²) >= 11 is 0. The molecule has 4 rings (SSSR count). The normalized spacial score (nSPS) is 42.6. The molecule has 4 aliphatic rings. The third kappa shape index (κ3) is 4.78. The van der Waals surface area contributed by atoms with Gasteiger partial charge >= 0.3 is 5.97 Å². The first-order chi connectivity index (χ1) is 18.8. The zero-order valence-electron chi connectivity index (χ0n) is 26.3. The molecule has 41 heavy (non-hydrogen) atoms. The largest absolute Gasteiger partial charge is 0.478 e. The molecule has 0 spiro atoms. The van der Waals surface area contributed by atoms with Gasteiger partial charge in [0, 0.05) is 40.2 Å². The number of aliphatic hydroxyl groups excluding tert-OH is 3. The average Bonchev–Trinajstić information content (AvgIpc) is 3.07. The molecule has 4 aliphatic carbocycles. The predicted octanol–water partition coefficient (Wildman–Crippen LogP) is 5.26. The maximum Gasteiger partial charge on any atom is 0.331 e. The molecule has 0 amide bonds. The van der Waals surface area contributed by atoms with E-state index in [9.17, 15) is 34.8 Å². The Bertz CT molecular complexity index is 1170. The van der Waals surface area contributed by atoms with Crippen LogP contribution in [-0.2, 0) is 14.4 Å². The van der Waals surface area contributed by atoms with Gasteiger partial charge in [0.15, 0.2) is 5.78 Å². The lowest BCUT2D eigenvalue weighted by atomic mass is 9.42. The van der Waals surface area contributed by atoms with Crippen LogP contribution in [-0.4, -0.2) is 56.3 Å². The first-order valence-electron chi connectivity index (χ1n) is 15.6. The number of fused-ring (bicyclic) bond motifs is 4. The molecule has 230 valence electrons. The van der Waals surface area contributed by atoms with Crippen molar-refractivity contribution < 1.29 is 34.8 Å². The Kier molecular flexibility index (Phi) is 8.38. The van der Waals surface area contributed by atoms with Gasteiger partial charge in [-0.05, 0) is 79.8 Å². The van der Waals surface area contributed by atoms with E-state index in [1.54, 1.807) is 0 Å². The summed E-state index contributed by atoms with van der Waals surface area (Å²) in [7, 11) is 0. The Labute approximate surface area is 245 Å². The molecule has 0 heterocycles. The van der Waals surface area contributed by atoms with Crippen LogP contribution in [0.4, 0.5) is 0 Å². The number of aliphatic hydroxyl groups is 3. The maximum atomic E-state index is 14.3. The Hall–Kier alpha value is -1.83. The molecule has 10 unspecified atom stereocenters. The van der Waals surface area contributed by atoms with Crippen LogP contribution in [0.15, 0.2) is 22.8 Å². The molecule has 0 bridgehead atoms. The van der Waals surface area contributed by atoms with E-state index in [4.69, 9.17) is 0 Å². The number of allylic oxidation sites excluding steroid dienone is 1. The highest BCUT2D eigenvalue weighted by Crippen LogP contribution is 2.71. The average molecular weight is 573 g/mol. The lowest BCUT2D eigenvalue weighted by molar-refractivity contribution is -0.149. The standard InChI is InChI=1S/C34H52O7/c1-18(2)9-11-31(5)25-16-23(36)29-28(32(25,6)12-10-26(31)38)24(37)17-33(7)22(15-27(39)34(29,33)8)19(3)13-21(35)14-20(4)30(40)41/h14,18-19,21-23,25,27,35-36,39H,9-13,15-17H2,1-8H3,(H,40,41). The molecule has 2 fully saturated rings. The van der Waals surface area contributed by atoms with E-state index in [0.29, 0.717) is 49.2 Å². The van der Waals surface area contributed by atoms with Crippen LogP contribution in [0, 0.1) is 45.3 Å². The minimum atomic E-state index is -1.08. The summed E-state index contributed by atoms with van der Waals surface area (Å²) in [5.41, 5.74) is -1.22. The summed E-state index contributed by atoms with van der Waals surface area (Å²) in [5.74, 6) is -0.745. The molecule has 4 N–H and O–H groups in total. The smallest absolute Gasteiger partial charge is 0.331 e. The monoisotopic (exact) mass is 572 g/mol. The molecular weight excluding hydrogens is 520 g/mol. The molecule has 0 saturated heterocycles. The van der Waals surface area contributed by atoms with E-state index in [0.717, 1.165) is 12.8 Å². The third-order valence-corrected chi connectivity index (χ3v) is 12.5. The van der Waals surface area contributed by atoms with Crippen LogP contribution in [0.3, 0.4) is 0 Å². The Balaban J connectivity index is 1.76. The van der Waals surface area contributed by atoms with E-state index in [2.05, 4.69) is 27.7 Å². The topological polar surface area (TPSA) is 132 Å². The fourth-order valence-electron chi connectivity index (χ4n) is 9.90. The van der Waals surface area contributed by atoms with Crippen molar-refractivity contribution in [1.29, 1.82) is 0 Å². The maximum absolute atomic E-state index is 14.3. The molecule has 0 aromatic rings. The molecule has 2 saturated carbocycles. The number of carboxylic acid groups (broad SMARTS) is 1. The van der Waals surface area contributed by atoms with Crippen molar-refractivity contribution in [3.8, 4) is 0 Å². The van der Waals surface area contributed by atoms with Crippen molar-refractivity contribution in [1.82, 2.24) is 0 Å². The van der Waals surface area contributed by atoms with Gasteiger partial charge in [-0.1, -0.05) is 54.9 Å².